The molecule has 5 heteroatoms. The summed E-state index contributed by atoms with van der Waals surface area (Å²) in [5.74, 6) is -0.0768. The Kier molecular flexibility index (Phi) is 5.97. The SMILES string of the molecule is CCCC(C)NC(=O)CNCC(=O)NC1CC1. The van der Waals surface area contributed by atoms with E-state index < -0.39 is 0 Å². The summed E-state index contributed by atoms with van der Waals surface area (Å²) in [5, 5.41) is 8.57. The summed E-state index contributed by atoms with van der Waals surface area (Å²) < 4.78 is 0. The Morgan fingerprint density at radius 3 is 2.47 bits per heavy atom. The van der Waals surface area contributed by atoms with Gasteiger partial charge in [-0.15, -0.1) is 0 Å². The molecule has 1 saturated carbocycles. The molecule has 17 heavy (non-hydrogen) atoms. The van der Waals surface area contributed by atoms with Gasteiger partial charge in [0.1, 0.15) is 0 Å². The van der Waals surface area contributed by atoms with Gasteiger partial charge in [0, 0.05) is 12.1 Å². The molecule has 0 spiro atoms. The summed E-state index contributed by atoms with van der Waals surface area (Å²) >= 11 is 0. The molecule has 1 aliphatic carbocycles. The molecule has 0 heterocycles. The lowest BCUT2D eigenvalue weighted by Gasteiger charge is -2.13. The van der Waals surface area contributed by atoms with Gasteiger partial charge >= 0.3 is 0 Å². The Labute approximate surface area is 103 Å². The second-order valence-corrected chi connectivity index (χ2v) is 4.70. The number of hydrogen-bond acceptors (Lipinski definition) is 3. The second kappa shape index (κ2) is 7.27. The number of nitrogens with one attached hydrogen (secondary N) is 3. The third-order valence-electron chi connectivity index (χ3n) is 2.64. The van der Waals surface area contributed by atoms with E-state index in [2.05, 4.69) is 22.9 Å². The van der Waals surface area contributed by atoms with Crippen LogP contribution in [0.3, 0.4) is 0 Å². The van der Waals surface area contributed by atoms with Crippen LogP contribution in [0.4, 0.5) is 0 Å². The van der Waals surface area contributed by atoms with Crippen molar-refractivity contribution in [3.8, 4) is 0 Å². The van der Waals surface area contributed by atoms with Gasteiger partial charge in [-0.2, -0.15) is 0 Å². The molecule has 0 aromatic rings. The van der Waals surface area contributed by atoms with Crippen LogP contribution in [-0.2, 0) is 9.59 Å². The van der Waals surface area contributed by atoms with E-state index in [0.717, 1.165) is 25.7 Å². The molecule has 0 aromatic carbocycles. The molecule has 0 saturated heterocycles. The van der Waals surface area contributed by atoms with E-state index in [1.165, 1.54) is 0 Å². The molecule has 0 bridgehead atoms. The Bertz CT molecular complexity index is 264. The largest absolute Gasteiger partial charge is 0.353 e. The third-order valence-corrected chi connectivity index (χ3v) is 2.64. The lowest BCUT2D eigenvalue weighted by Crippen LogP contribution is -2.42. The van der Waals surface area contributed by atoms with Crippen LogP contribution in [0.25, 0.3) is 0 Å². The van der Waals surface area contributed by atoms with Crippen molar-refractivity contribution >= 4 is 11.8 Å². The molecule has 5 nitrogen and oxygen atoms in total. The van der Waals surface area contributed by atoms with Crippen LogP contribution in [0.5, 0.6) is 0 Å². The van der Waals surface area contributed by atoms with Gasteiger partial charge in [0.15, 0.2) is 0 Å². The maximum Gasteiger partial charge on any atom is 0.234 e. The summed E-state index contributed by atoms with van der Waals surface area (Å²) in [6.07, 6.45) is 4.20. The van der Waals surface area contributed by atoms with Gasteiger partial charge in [0.25, 0.3) is 0 Å². The van der Waals surface area contributed by atoms with E-state index >= 15 is 0 Å². The second-order valence-electron chi connectivity index (χ2n) is 4.70. The maximum absolute atomic E-state index is 11.4. The minimum atomic E-state index is -0.0508. The fourth-order valence-electron chi connectivity index (χ4n) is 1.63. The molecule has 3 N–H and O–H groups in total. The fraction of sp³-hybridized carbons (Fsp3) is 0.833. The Morgan fingerprint density at radius 2 is 1.88 bits per heavy atom. The van der Waals surface area contributed by atoms with Gasteiger partial charge in [-0.25, -0.2) is 0 Å². The first-order chi connectivity index (χ1) is 8.11. The summed E-state index contributed by atoms with van der Waals surface area (Å²) in [7, 11) is 0. The average molecular weight is 241 g/mol. The molecule has 1 atom stereocenters. The molecule has 0 radical (unpaired) electrons. The lowest BCUT2D eigenvalue weighted by molar-refractivity contribution is -0.121. The molecule has 2 amide bonds. The number of rotatable bonds is 8. The molecule has 98 valence electrons. The predicted octanol–water partition coefficient (Wildman–Crippen LogP) is 0.159. The highest BCUT2D eigenvalue weighted by atomic mass is 16.2. The first-order valence-electron chi connectivity index (χ1n) is 6.41. The molecule has 0 aliphatic heterocycles. The Morgan fingerprint density at radius 1 is 1.24 bits per heavy atom. The molecule has 0 aromatic heterocycles. The number of carbonyl (C=O) groups is 2. The molecule has 1 aliphatic rings. The van der Waals surface area contributed by atoms with Crippen molar-refractivity contribution in [2.24, 2.45) is 0 Å². The highest BCUT2D eigenvalue weighted by Crippen LogP contribution is 2.18. The van der Waals surface area contributed by atoms with Gasteiger partial charge in [0.05, 0.1) is 13.1 Å². The third kappa shape index (κ3) is 6.94. The average Bonchev–Trinajstić information content (AvgIpc) is 3.01. The molecular formula is C12H23N3O2. The summed E-state index contributed by atoms with van der Waals surface area (Å²) in [6, 6.07) is 0.581. The van der Waals surface area contributed by atoms with Crippen LogP contribution < -0.4 is 16.0 Å². The zero-order chi connectivity index (χ0) is 12.7. The Hall–Kier alpha value is -1.10. The quantitative estimate of drug-likeness (QED) is 0.567. The van der Waals surface area contributed by atoms with Crippen LogP contribution in [0.1, 0.15) is 39.5 Å². The van der Waals surface area contributed by atoms with E-state index in [4.69, 9.17) is 0 Å². The summed E-state index contributed by atoms with van der Waals surface area (Å²) in [5.41, 5.74) is 0. The van der Waals surface area contributed by atoms with Crippen LogP contribution in [0.2, 0.25) is 0 Å². The van der Waals surface area contributed by atoms with Crippen molar-refractivity contribution in [3.63, 3.8) is 0 Å². The van der Waals surface area contributed by atoms with Gasteiger partial charge < -0.3 is 10.6 Å². The zero-order valence-corrected chi connectivity index (χ0v) is 10.7. The van der Waals surface area contributed by atoms with E-state index in [0.29, 0.717) is 6.04 Å². The van der Waals surface area contributed by atoms with E-state index in [1.807, 2.05) is 6.92 Å². The first kappa shape index (κ1) is 14.0. The normalized spacial score (nSPS) is 16.4. The van der Waals surface area contributed by atoms with Crippen LogP contribution >= 0.6 is 0 Å². The van der Waals surface area contributed by atoms with Crippen molar-refractivity contribution in [2.45, 2.75) is 51.6 Å². The predicted molar refractivity (Wildman–Crippen MR) is 66.5 cm³/mol. The molecule has 1 fully saturated rings. The standard InChI is InChI=1S/C12H23N3O2/c1-3-4-9(2)14-11(16)7-13-8-12(17)15-10-5-6-10/h9-10,13H,3-8H2,1-2H3,(H,14,16)(H,15,17). The number of hydrogen-bond donors (Lipinski definition) is 3. The van der Waals surface area contributed by atoms with Crippen molar-refractivity contribution in [2.75, 3.05) is 13.1 Å². The number of carbonyl (C=O) groups excluding carboxylic acids is 2. The monoisotopic (exact) mass is 241 g/mol. The maximum atomic E-state index is 11.4. The number of amides is 2. The minimum absolute atomic E-state index is 0.0260. The van der Waals surface area contributed by atoms with E-state index in [-0.39, 0.29) is 30.9 Å². The van der Waals surface area contributed by atoms with Crippen molar-refractivity contribution < 1.29 is 9.59 Å². The molecule has 1 rings (SSSR count). The van der Waals surface area contributed by atoms with Gasteiger partial charge in [-0.3, -0.25) is 14.9 Å². The molecular weight excluding hydrogens is 218 g/mol. The molecule has 1 unspecified atom stereocenters. The smallest absolute Gasteiger partial charge is 0.234 e. The van der Waals surface area contributed by atoms with Crippen molar-refractivity contribution in [3.05, 3.63) is 0 Å². The highest BCUT2D eigenvalue weighted by Gasteiger charge is 2.22. The summed E-state index contributed by atoms with van der Waals surface area (Å²) in [4.78, 5) is 22.7. The van der Waals surface area contributed by atoms with Gasteiger partial charge in [-0.05, 0) is 26.2 Å². The van der Waals surface area contributed by atoms with Crippen LogP contribution in [-0.4, -0.2) is 37.0 Å². The van der Waals surface area contributed by atoms with E-state index in [9.17, 15) is 9.59 Å². The van der Waals surface area contributed by atoms with Gasteiger partial charge in [-0.1, -0.05) is 13.3 Å². The van der Waals surface area contributed by atoms with Gasteiger partial charge in [0.2, 0.25) is 11.8 Å². The van der Waals surface area contributed by atoms with Crippen molar-refractivity contribution in [1.82, 2.24) is 16.0 Å². The lowest BCUT2D eigenvalue weighted by atomic mass is 10.2. The topological polar surface area (TPSA) is 70.2 Å². The minimum Gasteiger partial charge on any atom is -0.353 e. The zero-order valence-electron chi connectivity index (χ0n) is 10.7. The Balaban J connectivity index is 2.00. The van der Waals surface area contributed by atoms with Crippen LogP contribution in [0, 0.1) is 0 Å². The fourth-order valence-corrected chi connectivity index (χ4v) is 1.63. The van der Waals surface area contributed by atoms with E-state index in [1.54, 1.807) is 0 Å². The summed E-state index contributed by atoms with van der Waals surface area (Å²) in [6.45, 7) is 4.49. The first-order valence-corrected chi connectivity index (χ1v) is 6.41. The van der Waals surface area contributed by atoms with Crippen LogP contribution in [0.15, 0.2) is 0 Å². The highest BCUT2D eigenvalue weighted by molar-refractivity contribution is 5.81. The van der Waals surface area contributed by atoms with Crippen molar-refractivity contribution in [1.29, 1.82) is 0 Å².